The van der Waals surface area contributed by atoms with Crippen LogP contribution >= 0.6 is 0 Å². The molecule has 1 saturated heterocycles. The Morgan fingerprint density at radius 2 is 2.11 bits per heavy atom. The molecule has 0 unspecified atom stereocenters. The number of aliphatic carboxylic acids is 1. The number of likely N-dealkylation sites (tertiary alicyclic amines) is 1. The van der Waals surface area contributed by atoms with Crippen molar-refractivity contribution in [2.24, 2.45) is 0 Å². The van der Waals surface area contributed by atoms with Crippen LogP contribution in [0.3, 0.4) is 0 Å². The van der Waals surface area contributed by atoms with E-state index in [1.807, 2.05) is 0 Å². The van der Waals surface area contributed by atoms with Crippen molar-refractivity contribution in [2.75, 3.05) is 19.6 Å². The van der Waals surface area contributed by atoms with Gasteiger partial charge in [0.2, 0.25) is 11.8 Å². The van der Waals surface area contributed by atoms with Crippen molar-refractivity contribution in [3.05, 3.63) is 0 Å². The SMILES string of the molecule is O=C(O)CCN(C(=O)CN1CCCC1=O)C1CC1. The fourth-order valence-corrected chi connectivity index (χ4v) is 2.24. The fraction of sp³-hybridized carbons (Fsp3) is 0.750. The Balaban J connectivity index is 1.87. The van der Waals surface area contributed by atoms with Crippen LogP contribution in [0.15, 0.2) is 0 Å². The lowest BCUT2D eigenvalue weighted by molar-refractivity contribution is -0.141. The number of carbonyl (C=O) groups excluding carboxylic acids is 2. The number of rotatable bonds is 6. The molecule has 0 spiro atoms. The summed E-state index contributed by atoms with van der Waals surface area (Å²) in [6.45, 7) is 0.998. The van der Waals surface area contributed by atoms with E-state index in [1.54, 1.807) is 9.80 Å². The summed E-state index contributed by atoms with van der Waals surface area (Å²) in [6.07, 6.45) is 3.19. The summed E-state index contributed by atoms with van der Waals surface area (Å²) < 4.78 is 0. The third-order valence-electron chi connectivity index (χ3n) is 3.37. The van der Waals surface area contributed by atoms with Gasteiger partial charge in [-0.05, 0) is 19.3 Å². The minimum absolute atomic E-state index is 0.0253. The molecule has 1 N–H and O–H groups in total. The molecule has 1 aliphatic carbocycles. The molecule has 6 heteroatoms. The van der Waals surface area contributed by atoms with Crippen LogP contribution in [-0.2, 0) is 14.4 Å². The van der Waals surface area contributed by atoms with Crippen molar-refractivity contribution < 1.29 is 19.5 Å². The minimum Gasteiger partial charge on any atom is -0.481 e. The van der Waals surface area contributed by atoms with E-state index in [0.717, 1.165) is 19.3 Å². The van der Waals surface area contributed by atoms with E-state index in [2.05, 4.69) is 0 Å². The van der Waals surface area contributed by atoms with Gasteiger partial charge in [0.15, 0.2) is 0 Å². The highest BCUT2D eigenvalue weighted by Crippen LogP contribution is 2.27. The Kier molecular flexibility index (Phi) is 3.84. The van der Waals surface area contributed by atoms with Gasteiger partial charge >= 0.3 is 5.97 Å². The van der Waals surface area contributed by atoms with Gasteiger partial charge in [0.05, 0.1) is 13.0 Å². The highest BCUT2D eigenvalue weighted by molar-refractivity contribution is 5.86. The van der Waals surface area contributed by atoms with Gasteiger partial charge < -0.3 is 14.9 Å². The van der Waals surface area contributed by atoms with Gasteiger partial charge in [0, 0.05) is 25.6 Å². The van der Waals surface area contributed by atoms with Gasteiger partial charge in [0.1, 0.15) is 0 Å². The van der Waals surface area contributed by atoms with Gasteiger partial charge in [-0.15, -0.1) is 0 Å². The third-order valence-corrected chi connectivity index (χ3v) is 3.37. The molecule has 18 heavy (non-hydrogen) atoms. The molecule has 0 radical (unpaired) electrons. The highest BCUT2D eigenvalue weighted by Gasteiger charge is 2.34. The Morgan fingerprint density at radius 1 is 1.39 bits per heavy atom. The van der Waals surface area contributed by atoms with Crippen LogP contribution < -0.4 is 0 Å². The number of carboxylic acids is 1. The lowest BCUT2D eigenvalue weighted by atomic mass is 10.3. The third kappa shape index (κ3) is 3.21. The van der Waals surface area contributed by atoms with E-state index in [9.17, 15) is 14.4 Å². The Hall–Kier alpha value is -1.59. The van der Waals surface area contributed by atoms with Gasteiger partial charge in [-0.3, -0.25) is 14.4 Å². The average Bonchev–Trinajstić information content (AvgIpc) is 3.05. The van der Waals surface area contributed by atoms with Crippen molar-refractivity contribution in [1.29, 1.82) is 0 Å². The summed E-state index contributed by atoms with van der Waals surface area (Å²) in [5.41, 5.74) is 0. The number of carboxylic acid groups (broad SMARTS) is 1. The average molecular weight is 254 g/mol. The number of amides is 2. The maximum absolute atomic E-state index is 12.1. The molecule has 1 aliphatic heterocycles. The van der Waals surface area contributed by atoms with E-state index in [4.69, 9.17) is 5.11 Å². The van der Waals surface area contributed by atoms with Crippen molar-refractivity contribution >= 4 is 17.8 Å². The maximum Gasteiger partial charge on any atom is 0.305 e. The number of hydrogen-bond donors (Lipinski definition) is 1. The predicted octanol–water partition coefficient (Wildman–Crippen LogP) is 0.0745. The van der Waals surface area contributed by atoms with Crippen LogP contribution in [0.25, 0.3) is 0 Å². The zero-order valence-electron chi connectivity index (χ0n) is 10.3. The second kappa shape index (κ2) is 5.37. The molecule has 0 aromatic heterocycles. The molecule has 1 saturated carbocycles. The van der Waals surface area contributed by atoms with Crippen LogP contribution in [0.2, 0.25) is 0 Å². The van der Waals surface area contributed by atoms with Crippen LogP contribution in [0.4, 0.5) is 0 Å². The van der Waals surface area contributed by atoms with Crippen LogP contribution in [0.1, 0.15) is 32.1 Å². The number of nitrogens with zero attached hydrogens (tertiary/aromatic N) is 2. The largest absolute Gasteiger partial charge is 0.481 e. The Labute approximate surface area is 106 Å². The molecule has 0 atom stereocenters. The molecule has 1 heterocycles. The van der Waals surface area contributed by atoms with Crippen LogP contribution in [0.5, 0.6) is 0 Å². The van der Waals surface area contributed by atoms with E-state index < -0.39 is 5.97 Å². The molecule has 2 amide bonds. The maximum atomic E-state index is 12.1. The number of carbonyl (C=O) groups is 3. The monoisotopic (exact) mass is 254 g/mol. The molecule has 100 valence electrons. The smallest absolute Gasteiger partial charge is 0.305 e. The first kappa shape index (κ1) is 12.9. The van der Waals surface area contributed by atoms with Crippen LogP contribution in [-0.4, -0.2) is 58.4 Å². The Morgan fingerprint density at radius 3 is 2.61 bits per heavy atom. The summed E-state index contributed by atoms with van der Waals surface area (Å²) in [5, 5.41) is 8.67. The minimum atomic E-state index is -0.898. The van der Waals surface area contributed by atoms with E-state index in [-0.39, 0.29) is 37.4 Å². The molecule has 2 aliphatic rings. The number of hydrogen-bond acceptors (Lipinski definition) is 3. The molecule has 2 fully saturated rings. The van der Waals surface area contributed by atoms with Crippen molar-refractivity contribution in [1.82, 2.24) is 9.80 Å². The second-order valence-corrected chi connectivity index (χ2v) is 4.88. The first-order valence-corrected chi connectivity index (χ1v) is 6.37. The van der Waals surface area contributed by atoms with Crippen LogP contribution in [0, 0.1) is 0 Å². The zero-order chi connectivity index (χ0) is 13.1. The van der Waals surface area contributed by atoms with Gasteiger partial charge in [-0.2, -0.15) is 0 Å². The molecule has 0 bridgehead atoms. The Bertz CT molecular complexity index is 365. The topological polar surface area (TPSA) is 77.9 Å². The van der Waals surface area contributed by atoms with E-state index in [1.165, 1.54) is 0 Å². The first-order chi connectivity index (χ1) is 8.58. The van der Waals surface area contributed by atoms with Crippen molar-refractivity contribution in [3.8, 4) is 0 Å². The zero-order valence-corrected chi connectivity index (χ0v) is 10.3. The first-order valence-electron chi connectivity index (χ1n) is 6.37. The normalized spacial score (nSPS) is 19.1. The molecule has 0 aromatic rings. The standard InChI is InChI=1S/C12H18N2O4/c15-10-2-1-6-13(10)8-11(16)14(9-3-4-9)7-5-12(17)18/h9H,1-8H2,(H,17,18). The highest BCUT2D eigenvalue weighted by atomic mass is 16.4. The van der Waals surface area contributed by atoms with Gasteiger partial charge in [0.25, 0.3) is 0 Å². The molecule has 6 nitrogen and oxygen atoms in total. The lowest BCUT2D eigenvalue weighted by Crippen LogP contribution is -2.42. The van der Waals surface area contributed by atoms with Gasteiger partial charge in [-0.25, -0.2) is 0 Å². The summed E-state index contributed by atoms with van der Waals surface area (Å²) >= 11 is 0. The molecular weight excluding hydrogens is 236 g/mol. The summed E-state index contributed by atoms with van der Waals surface area (Å²) in [5.74, 6) is -0.989. The molecular formula is C12H18N2O4. The summed E-state index contributed by atoms with van der Waals surface area (Å²) in [6, 6.07) is 0.189. The summed E-state index contributed by atoms with van der Waals surface area (Å²) in [7, 11) is 0. The van der Waals surface area contributed by atoms with Crippen molar-refractivity contribution in [3.63, 3.8) is 0 Å². The van der Waals surface area contributed by atoms with E-state index in [0.29, 0.717) is 13.0 Å². The van der Waals surface area contributed by atoms with Gasteiger partial charge in [-0.1, -0.05) is 0 Å². The van der Waals surface area contributed by atoms with Crippen molar-refractivity contribution in [2.45, 2.75) is 38.1 Å². The predicted molar refractivity (Wildman–Crippen MR) is 62.8 cm³/mol. The molecule has 2 rings (SSSR count). The van der Waals surface area contributed by atoms with E-state index >= 15 is 0 Å². The lowest BCUT2D eigenvalue weighted by Gasteiger charge is -2.24. The quantitative estimate of drug-likeness (QED) is 0.728. The molecule has 0 aromatic carbocycles. The summed E-state index contributed by atoms with van der Waals surface area (Å²) in [4.78, 5) is 37.3. The fourth-order valence-electron chi connectivity index (χ4n) is 2.24. The second-order valence-electron chi connectivity index (χ2n) is 4.88.